The highest BCUT2D eigenvalue weighted by atomic mass is 16.1. The third kappa shape index (κ3) is 1.77. The normalized spacial score (nSPS) is 11.9. The third-order valence-corrected chi connectivity index (χ3v) is 2.39. The van der Waals surface area contributed by atoms with Crippen molar-refractivity contribution in [2.24, 2.45) is 0 Å². The number of hydrogen-bond acceptors (Lipinski definition) is 2. The van der Waals surface area contributed by atoms with Crippen LogP contribution in [0.25, 0.3) is 10.9 Å². The number of nitrogens with zero attached hydrogens (tertiary/aromatic N) is 1. The Balaban J connectivity index is 2.73. The van der Waals surface area contributed by atoms with Crippen LogP contribution in [0.2, 0.25) is 0 Å². The second kappa shape index (κ2) is 3.19. The quantitative estimate of drug-likeness (QED) is 0.712. The van der Waals surface area contributed by atoms with Crippen molar-refractivity contribution in [1.82, 2.24) is 9.97 Å². The molecule has 0 saturated carbocycles. The van der Waals surface area contributed by atoms with E-state index in [2.05, 4.69) is 30.7 Å². The first-order valence-corrected chi connectivity index (χ1v) is 4.97. The van der Waals surface area contributed by atoms with Crippen molar-refractivity contribution < 1.29 is 0 Å². The van der Waals surface area contributed by atoms with Gasteiger partial charge in [0.2, 0.25) is 0 Å². The van der Waals surface area contributed by atoms with Crippen molar-refractivity contribution in [2.75, 3.05) is 0 Å². The molecule has 0 amide bonds. The molecule has 2 aromatic heterocycles. The molecule has 78 valence electrons. The fourth-order valence-corrected chi connectivity index (χ4v) is 1.49. The van der Waals surface area contributed by atoms with Gasteiger partial charge in [-0.25, -0.2) is 0 Å². The lowest BCUT2D eigenvalue weighted by Crippen LogP contribution is -2.14. The molecule has 2 rings (SSSR count). The van der Waals surface area contributed by atoms with Gasteiger partial charge >= 0.3 is 0 Å². The first-order valence-electron chi connectivity index (χ1n) is 4.97. The molecule has 3 nitrogen and oxygen atoms in total. The summed E-state index contributed by atoms with van der Waals surface area (Å²) in [5, 5.41) is 0.644. The lowest BCUT2D eigenvalue weighted by molar-refractivity contribution is 0.571. The first-order chi connectivity index (χ1) is 6.98. The van der Waals surface area contributed by atoms with Gasteiger partial charge < -0.3 is 4.98 Å². The van der Waals surface area contributed by atoms with Gasteiger partial charge in [0.1, 0.15) is 0 Å². The third-order valence-electron chi connectivity index (χ3n) is 2.39. The molecular formula is C12H14N2O. The molecule has 0 atom stereocenters. The second-order valence-electron chi connectivity index (χ2n) is 4.69. The molecule has 2 aromatic rings. The van der Waals surface area contributed by atoms with Crippen molar-refractivity contribution in [3.05, 3.63) is 40.4 Å². The maximum absolute atomic E-state index is 11.4. The van der Waals surface area contributed by atoms with Crippen molar-refractivity contribution in [2.45, 2.75) is 26.2 Å². The van der Waals surface area contributed by atoms with Crippen LogP contribution in [-0.4, -0.2) is 9.97 Å². The molecule has 0 unspecified atom stereocenters. The zero-order chi connectivity index (χ0) is 11.1. The molecule has 0 aromatic carbocycles. The van der Waals surface area contributed by atoms with Crippen LogP contribution in [0.1, 0.15) is 26.5 Å². The van der Waals surface area contributed by atoms with Gasteiger partial charge in [0.15, 0.2) is 0 Å². The minimum atomic E-state index is -0.0829. The van der Waals surface area contributed by atoms with Crippen LogP contribution in [0.4, 0.5) is 0 Å². The molecule has 0 aliphatic carbocycles. The van der Waals surface area contributed by atoms with Crippen LogP contribution >= 0.6 is 0 Å². The van der Waals surface area contributed by atoms with E-state index in [0.29, 0.717) is 5.39 Å². The van der Waals surface area contributed by atoms with Crippen molar-refractivity contribution >= 4 is 10.9 Å². The number of aromatic amines is 1. The summed E-state index contributed by atoms with van der Waals surface area (Å²) in [6.07, 6.45) is 1.63. The summed E-state index contributed by atoms with van der Waals surface area (Å²) in [5.41, 5.74) is 1.68. The van der Waals surface area contributed by atoms with E-state index in [0.717, 1.165) is 11.2 Å². The number of rotatable bonds is 0. The van der Waals surface area contributed by atoms with Gasteiger partial charge in [0, 0.05) is 17.3 Å². The van der Waals surface area contributed by atoms with E-state index < -0.39 is 0 Å². The molecule has 0 aliphatic heterocycles. The van der Waals surface area contributed by atoms with Crippen molar-refractivity contribution in [1.29, 1.82) is 0 Å². The maximum Gasteiger partial charge on any atom is 0.257 e. The smallest absolute Gasteiger partial charge is 0.257 e. The van der Waals surface area contributed by atoms with Gasteiger partial charge in [-0.3, -0.25) is 9.78 Å². The standard InChI is InChI=1S/C12H14N2O/c1-12(2,3)10-5-4-8-9(14-10)6-7-13-11(8)15/h4-7H,1-3H3,(H,13,15). The average molecular weight is 202 g/mol. The SMILES string of the molecule is CC(C)(C)c1ccc2c(=O)[nH]ccc2n1. The Bertz CT molecular complexity index is 549. The summed E-state index contributed by atoms with van der Waals surface area (Å²) < 4.78 is 0. The Morgan fingerprint density at radius 1 is 1.20 bits per heavy atom. The predicted molar refractivity (Wildman–Crippen MR) is 61.1 cm³/mol. The summed E-state index contributed by atoms with van der Waals surface area (Å²) in [6, 6.07) is 5.57. The molecule has 2 heterocycles. The number of aromatic nitrogens is 2. The molecular weight excluding hydrogens is 188 g/mol. The van der Waals surface area contributed by atoms with Crippen molar-refractivity contribution in [3.8, 4) is 0 Å². The van der Waals surface area contributed by atoms with Crippen LogP contribution in [0.3, 0.4) is 0 Å². The van der Waals surface area contributed by atoms with E-state index in [-0.39, 0.29) is 11.0 Å². The summed E-state index contributed by atoms with van der Waals surface area (Å²) >= 11 is 0. The highest BCUT2D eigenvalue weighted by Gasteiger charge is 2.15. The summed E-state index contributed by atoms with van der Waals surface area (Å²) in [5.74, 6) is 0. The fraction of sp³-hybridized carbons (Fsp3) is 0.333. The molecule has 0 bridgehead atoms. The maximum atomic E-state index is 11.4. The number of pyridine rings is 2. The number of hydrogen-bond donors (Lipinski definition) is 1. The van der Waals surface area contributed by atoms with E-state index in [1.54, 1.807) is 6.20 Å². The lowest BCUT2D eigenvalue weighted by atomic mass is 9.91. The van der Waals surface area contributed by atoms with Crippen LogP contribution in [-0.2, 0) is 5.41 Å². The molecule has 0 spiro atoms. The first kappa shape index (κ1) is 9.90. The van der Waals surface area contributed by atoms with Gasteiger partial charge in [0.05, 0.1) is 10.9 Å². The van der Waals surface area contributed by atoms with E-state index in [1.165, 1.54) is 0 Å². The van der Waals surface area contributed by atoms with E-state index >= 15 is 0 Å². The Hall–Kier alpha value is -1.64. The summed E-state index contributed by atoms with van der Waals surface area (Å²) in [6.45, 7) is 6.32. The molecule has 15 heavy (non-hydrogen) atoms. The number of H-pyrrole nitrogens is 1. The Kier molecular flexibility index (Phi) is 2.11. The number of fused-ring (bicyclic) bond motifs is 1. The predicted octanol–water partition coefficient (Wildman–Crippen LogP) is 2.22. The van der Waals surface area contributed by atoms with Gasteiger partial charge in [-0.05, 0) is 18.2 Å². The minimum absolute atomic E-state index is 0.0107. The summed E-state index contributed by atoms with van der Waals surface area (Å²) in [4.78, 5) is 18.6. The number of nitrogens with one attached hydrogen (secondary N) is 1. The topological polar surface area (TPSA) is 45.8 Å². The Labute approximate surface area is 88.2 Å². The molecule has 3 heteroatoms. The van der Waals surface area contributed by atoms with E-state index in [1.807, 2.05) is 18.2 Å². The van der Waals surface area contributed by atoms with E-state index in [4.69, 9.17) is 0 Å². The van der Waals surface area contributed by atoms with Gasteiger partial charge in [0.25, 0.3) is 5.56 Å². The summed E-state index contributed by atoms with van der Waals surface area (Å²) in [7, 11) is 0. The van der Waals surface area contributed by atoms with Crippen LogP contribution < -0.4 is 5.56 Å². The Morgan fingerprint density at radius 2 is 1.93 bits per heavy atom. The average Bonchev–Trinajstić information content (AvgIpc) is 2.16. The second-order valence-corrected chi connectivity index (χ2v) is 4.69. The van der Waals surface area contributed by atoms with Gasteiger partial charge in [-0.1, -0.05) is 20.8 Å². The lowest BCUT2D eigenvalue weighted by Gasteiger charge is -2.17. The minimum Gasteiger partial charge on any atom is -0.328 e. The van der Waals surface area contributed by atoms with E-state index in [9.17, 15) is 4.79 Å². The van der Waals surface area contributed by atoms with Crippen LogP contribution in [0, 0.1) is 0 Å². The molecule has 0 fully saturated rings. The monoisotopic (exact) mass is 202 g/mol. The van der Waals surface area contributed by atoms with Gasteiger partial charge in [-0.2, -0.15) is 0 Å². The molecule has 0 saturated heterocycles. The van der Waals surface area contributed by atoms with Gasteiger partial charge in [-0.15, -0.1) is 0 Å². The van der Waals surface area contributed by atoms with Crippen LogP contribution in [0.15, 0.2) is 29.2 Å². The Morgan fingerprint density at radius 3 is 2.60 bits per heavy atom. The zero-order valence-corrected chi connectivity index (χ0v) is 9.16. The highest BCUT2D eigenvalue weighted by Crippen LogP contribution is 2.21. The largest absolute Gasteiger partial charge is 0.328 e. The molecule has 0 aliphatic rings. The van der Waals surface area contributed by atoms with Crippen molar-refractivity contribution in [3.63, 3.8) is 0 Å². The fourth-order valence-electron chi connectivity index (χ4n) is 1.49. The molecule has 1 N–H and O–H groups in total. The zero-order valence-electron chi connectivity index (χ0n) is 9.16. The highest BCUT2D eigenvalue weighted by molar-refractivity contribution is 5.77. The van der Waals surface area contributed by atoms with Crippen LogP contribution in [0.5, 0.6) is 0 Å². The molecule has 0 radical (unpaired) electrons.